The predicted molar refractivity (Wildman–Crippen MR) is 71.2 cm³/mol. The van der Waals surface area contributed by atoms with E-state index in [1.807, 2.05) is 11.7 Å². The highest BCUT2D eigenvalue weighted by Crippen LogP contribution is 2.22. The number of rotatable bonds is 4. The fourth-order valence-corrected chi connectivity index (χ4v) is 2.62. The third-order valence-corrected chi connectivity index (χ3v) is 3.52. The van der Waals surface area contributed by atoms with E-state index >= 15 is 0 Å². The number of nitrogens with one attached hydrogen (secondary N) is 1. The van der Waals surface area contributed by atoms with E-state index in [0.717, 1.165) is 18.8 Å². The maximum Gasteiger partial charge on any atom is 0.128 e. The molecule has 0 bridgehead atoms. The molecule has 0 atom stereocenters. The third-order valence-electron chi connectivity index (χ3n) is 3.52. The van der Waals surface area contributed by atoms with Crippen molar-refractivity contribution in [2.75, 3.05) is 25.0 Å². The first kappa shape index (κ1) is 12.4. The monoisotopic (exact) mass is 236 g/mol. The standard InChI is InChI=1S/C13H24N4/c1-4-14-13-12(11(2)15-16(13)3)10-17-8-6-5-7-9-17/h14H,4-10H2,1-3H3. The van der Waals surface area contributed by atoms with Crippen LogP contribution in [0.25, 0.3) is 0 Å². The summed E-state index contributed by atoms with van der Waals surface area (Å²) in [7, 11) is 2.02. The molecular formula is C13H24N4. The first-order valence-corrected chi connectivity index (χ1v) is 6.71. The Kier molecular flexibility index (Phi) is 4.05. The minimum Gasteiger partial charge on any atom is -0.370 e. The van der Waals surface area contributed by atoms with Crippen molar-refractivity contribution in [2.45, 2.75) is 39.7 Å². The Hall–Kier alpha value is -1.03. The number of hydrogen-bond donors (Lipinski definition) is 1. The highest BCUT2D eigenvalue weighted by Gasteiger charge is 2.17. The average Bonchev–Trinajstić information content (AvgIpc) is 2.58. The fourth-order valence-electron chi connectivity index (χ4n) is 2.62. The lowest BCUT2D eigenvalue weighted by Crippen LogP contribution is -2.29. The van der Waals surface area contributed by atoms with Crippen LogP contribution in [0.1, 0.15) is 37.4 Å². The van der Waals surface area contributed by atoms with Crippen LogP contribution in [0.2, 0.25) is 0 Å². The number of aryl methyl sites for hydroxylation is 2. The SMILES string of the molecule is CCNc1c(CN2CCCCC2)c(C)nn1C. The molecule has 0 aromatic carbocycles. The second-order valence-corrected chi connectivity index (χ2v) is 4.90. The van der Waals surface area contributed by atoms with Crippen LogP contribution in [0.4, 0.5) is 5.82 Å². The van der Waals surface area contributed by atoms with E-state index in [9.17, 15) is 0 Å². The summed E-state index contributed by atoms with van der Waals surface area (Å²) in [4.78, 5) is 2.55. The predicted octanol–water partition coefficient (Wildman–Crippen LogP) is 2.15. The molecule has 0 unspecified atom stereocenters. The molecule has 1 aromatic heterocycles. The van der Waals surface area contributed by atoms with Gasteiger partial charge in [-0.2, -0.15) is 5.10 Å². The highest BCUT2D eigenvalue weighted by atomic mass is 15.3. The first-order chi connectivity index (χ1) is 8.22. The Morgan fingerprint density at radius 1 is 1.24 bits per heavy atom. The van der Waals surface area contributed by atoms with Crippen molar-refractivity contribution in [3.63, 3.8) is 0 Å². The lowest BCUT2D eigenvalue weighted by molar-refractivity contribution is 0.221. The molecule has 2 heterocycles. The van der Waals surface area contributed by atoms with E-state index < -0.39 is 0 Å². The van der Waals surface area contributed by atoms with Gasteiger partial charge in [0, 0.05) is 25.7 Å². The zero-order chi connectivity index (χ0) is 12.3. The zero-order valence-electron chi connectivity index (χ0n) is 11.3. The Morgan fingerprint density at radius 3 is 2.59 bits per heavy atom. The summed E-state index contributed by atoms with van der Waals surface area (Å²) in [6, 6.07) is 0. The molecule has 0 amide bonds. The third kappa shape index (κ3) is 2.80. The van der Waals surface area contributed by atoms with E-state index in [1.165, 1.54) is 43.7 Å². The molecule has 1 aliphatic rings. The average molecular weight is 236 g/mol. The lowest BCUT2D eigenvalue weighted by atomic mass is 10.1. The zero-order valence-corrected chi connectivity index (χ0v) is 11.3. The van der Waals surface area contributed by atoms with Crippen LogP contribution in [0, 0.1) is 6.92 Å². The van der Waals surface area contributed by atoms with Gasteiger partial charge in [-0.15, -0.1) is 0 Å². The van der Waals surface area contributed by atoms with E-state index in [4.69, 9.17) is 0 Å². The van der Waals surface area contributed by atoms with Gasteiger partial charge in [-0.1, -0.05) is 6.42 Å². The quantitative estimate of drug-likeness (QED) is 0.869. The summed E-state index contributed by atoms with van der Waals surface area (Å²) in [5, 5.41) is 7.95. The van der Waals surface area contributed by atoms with Gasteiger partial charge in [-0.25, -0.2) is 0 Å². The number of aromatic nitrogens is 2. The summed E-state index contributed by atoms with van der Waals surface area (Å²) < 4.78 is 1.97. The summed E-state index contributed by atoms with van der Waals surface area (Å²) in [6.07, 6.45) is 4.08. The van der Waals surface area contributed by atoms with Crippen molar-refractivity contribution in [3.05, 3.63) is 11.3 Å². The van der Waals surface area contributed by atoms with Gasteiger partial charge in [0.1, 0.15) is 5.82 Å². The minimum absolute atomic E-state index is 0.950. The Labute approximate surface area is 104 Å². The minimum atomic E-state index is 0.950. The van der Waals surface area contributed by atoms with Crippen molar-refractivity contribution >= 4 is 5.82 Å². The van der Waals surface area contributed by atoms with E-state index in [2.05, 4.69) is 29.2 Å². The maximum absolute atomic E-state index is 4.52. The molecule has 0 spiro atoms. The molecule has 4 nitrogen and oxygen atoms in total. The van der Waals surface area contributed by atoms with Crippen LogP contribution < -0.4 is 5.32 Å². The molecule has 1 saturated heterocycles. The first-order valence-electron chi connectivity index (χ1n) is 6.71. The lowest BCUT2D eigenvalue weighted by Gasteiger charge is -2.26. The van der Waals surface area contributed by atoms with Crippen LogP contribution in [0.3, 0.4) is 0 Å². The largest absolute Gasteiger partial charge is 0.370 e. The molecule has 0 saturated carbocycles. The molecule has 4 heteroatoms. The van der Waals surface area contributed by atoms with Gasteiger partial charge in [0.05, 0.1) is 5.69 Å². The van der Waals surface area contributed by atoms with E-state index in [-0.39, 0.29) is 0 Å². The van der Waals surface area contributed by atoms with Gasteiger partial charge < -0.3 is 5.32 Å². The van der Waals surface area contributed by atoms with Crippen LogP contribution >= 0.6 is 0 Å². The van der Waals surface area contributed by atoms with Gasteiger partial charge in [0.2, 0.25) is 0 Å². The number of nitrogens with zero attached hydrogens (tertiary/aromatic N) is 3. The Bertz CT molecular complexity index is 364. The molecule has 1 aromatic rings. The smallest absolute Gasteiger partial charge is 0.128 e. The number of hydrogen-bond acceptors (Lipinski definition) is 3. The second kappa shape index (κ2) is 5.54. The van der Waals surface area contributed by atoms with E-state index in [0.29, 0.717) is 0 Å². The van der Waals surface area contributed by atoms with Gasteiger partial charge in [-0.3, -0.25) is 9.58 Å². The summed E-state index contributed by atoms with van der Waals surface area (Å²) in [6.45, 7) is 8.71. The van der Waals surface area contributed by atoms with Crippen LogP contribution in [-0.4, -0.2) is 34.3 Å². The van der Waals surface area contributed by atoms with E-state index in [1.54, 1.807) is 0 Å². The summed E-state index contributed by atoms with van der Waals surface area (Å²) >= 11 is 0. The van der Waals surface area contributed by atoms with Crippen molar-refractivity contribution < 1.29 is 0 Å². The number of piperidine rings is 1. The normalized spacial score (nSPS) is 17.4. The molecule has 2 rings (SSSR count). The Balaban J connectivity index is 2.12. The number of anilines is 1. The van der Waals surface area contributed by atoms with Gasteiger partial charge >= 0.3 is 0 Å². The van der Waals surface area contributed by atoms with Crippen molar-refractivity contribution in [1.82, 2.24) is 14.7 Å². The molecular weight excluding hydrogens is 212 g/mol. The second-order valence-electron chi connectivity index (χ2n) is 4.90. The molecule has 17 heavy (non-hydrogen) atoms. The van der Waals surface area contributed by atoms with Gasteiger partial charge in [0.25, 0.3) is 0 Å². The molecule has 96 valence electrons. The molecule has 1 aliphatic heterocycles. The van der Waals surface area contributed by atoms with Crippen molar-refractivity contribution in [1.29, 1.82) is 0 Å². The maximum atomic E-state index is 4.52. The molecule has 1 N–H and O–H groups in total. The van der Waals surface area contributed by atoms with Crippen molar-refractivity contribution in [2.24, 2.45) is 7.05 Å². The molecule has 0 aliphatic carbocycles. The number of likely N-dealkylation sites (tertiary alicyclic amines) is 1. The van der Waals surface area contributed by atoms with Gasteiger partial charge in [-0.05, 0) is 39.8 Å². The fraction of sp³-hybridized carbons (Fsp3) is 0.769. The highest BCUT2D eigenvalue weighted by molar-refractivity contribution is 5.47. The molecule has 1 fully saturated rings. The summed E-state index contributed by atoms with van der Waals surface area (Å²) in [5.41, 5.74) is 2.53. The van der Waals surface area contributed by atoms with Crippen LogP contribution in [0.15, 0.2) is 0 Å². The summed E-state index contributed by atoms with van der Waals surface area (Å²) in [5.74, 6) is 1.19. The van der Waals surface area contributed by atoms with Gasteiger partial charge in [0.15, 0.2) is 0 Å². The molecule has 0 radical (unpaired) electrons. The van der Waals surface area contributed by atoms with Crippen LogP contribution in [-0.2, 0) is 13.6 Å². The van der Waals surface area contributed by atoms with Crippen molar-refractivity contribution in [3.8, 4) is 0 Å². The Morgan fingerprint density at radius 2 is 1.94 bits per heavy atom. The van der Waals surface area contributed by atoms with Crippen LogP contribution in [0.5, 0.6) is 0 Å². The topological polar surface area (TPSA) is 33.1 Å².